The smallest absolute Gasteiger partial charge is 0.131 e. The van der Waals surface area contributed by atoms with Crippen LogP contribution in [-0.2, 0) is 0 Å². The lowest BCUT2D eigenvalue weighted by Gasteiger charge is -2.37. The van der Waals surface area contributed by atoms with Crippen molar-refractivity contribution in [3.8, 4) is 5.75 Å². The highest BCUT2D eigenvalue weighted by Crippen LogP contribution is 2.29. The maximum absolute atomic E-state index is 14.0. The second-order valence-corrected chi connectivity index (χ2v) is 6.28. The number of nitrogens with two attached hydrogens (primary N) is 1. The third-order valence-corrected chi connectivity index (χ3v) is 4.58. The number of ether oxygens (including phenoxy) is 1. The predicted molar refractivity (Wildman–Crippen MR) is 83.9 cm³/mol. The van der Waals surface area contributed by atoms with Crippen molar-refractivity contribution >= 4 is 0 Å². The Balaban J connectivity index is 2.00. The first-order valence-corrected chi connectivity index (χ1v) is 7.85. The SMILES string of the molecule is COc1cccc(F)c1C(N)CCN1CC(C)CCC1C. The third-order valence-electron chi connectivity index (χ3n) is 4.58. The van der Waals surface area contributed by atoms with Crippen molar-refractivity contribution in [2.45, 2.75) is 45.2 Å². The minimum Gasteiger partial charge on any atom is -0.496 e. The zero-order valence-corrected chi connectivity index (χ0v) is 13.3. The third kappa shape index (κ3) is 3.95. The molecule has 0 saturated carbocycles. The van der Waals surface area contributed by atoms with E-state index in [0.29, 0.717) is 17.4 Å². The fraction of sp³-hybridized carbons (Fsp3) is 0.647. The van der Waals surface area contributed by atoms with Crippen LogP contribution in [0.25, 0.3) is 0 Å². The number of hydrogen-bond donors (Lipinski definition) is 1. The van der Waals surface area contributed by atoms with E-state index >= 15 is 0 Å². The topological polar surface area (TPSA) is 38.5 Å². The Labute approximate surface area is 127 Å². The summed E-state index contributed by atoms with van der Waals surface area (Å²) in [7, 11) is 1.55. The largest absolute Gasteiger partial charge is 0.496 e. The molecule has 1 aromatic carbocycles. The van der Waals surface area contributed by atoms with Gasteiger partial charge in [-0.25, -0.2) is 4.39 Å². The summed E-state index contributed by atoms with van der Waals surface area (Å²) in [6, 6.07) is 5.13. The van der Waals surface area contributed by atoms with Crippen LogP contribution in [0, 0.1) is 11.7 Å². The van der Waals surface area contributed by atoms with Gasteiger partial charge in [0.25, 0.3) is 0 Å². The van der Waals surface area contributed by atoms with E-state index in [0.717, 1.165) is 25.4 Å². The Morgan fingerprint density at radius 1 is 1.38 bits per heavy atom. The Bertz CT molecular complexity index is 466. The molecule has 0 aliphatic carbocycles. The molecule has 2 N–H and O–H groups in total. The number of hydrogen-bond acceptors (Lipinski definition) is 3. The standard InChI is InChI=1S/C17H27FN2O/c1-12-7-8-13(2)20(11-12)10-9-15(19)17-14(18)5-4-6-16(17)21-3/h4-6,12-13,15H,7-11,19H2,1-3H3. The molecule has 1 saturated heterocycles. The van der Waals surface area contributed by atoms with Crippen LogP contribution in [0.1, 0.15) is 44.7 Å². The minimum absolute atomic E-state index is 0.276. The van der Waals surface area contributed by atoms with Gasteiger partial charge in [-0.3, -0.25) is 0 Å². The first kappa shape index (κ1) is 16.2. The fourth-order valence-electron chi connectivity index (χ4n) is 3.20. The van der Waals surface area contributed by atoms with Gasteiger partial charge in [-0.05, 0) is 44.2 Å². The average molecular weight is 294 g/mol. The zero-order chi connectivity index (χ0) is 15.4. The normalized spacial score (nSPS) is 24.8. The van der Waals surface area contributed by atoms with E-state index in [2.05, 4.69) is 18.7 Å². The minimum atomic E-state index is -0.328. The van der Waals surface area contributed by atoms with E-state index in [1.54, 1.807) is 19.2 Å². The Kier molecular flexibility index (Phi) is 5.59. The molecule has 1 aliphatic heterocycles. The monoisotopic (exact) mass is 294 g/mol. The molecule has 0 aromatic heterocycles. The molecule has 0 bridgehead atoms. The predicted octanol–water partition coefficient (Wildman–Crippen LogP) is 3.34. The first-order chi connectivity index (χ1) is 10.0. The van der Waals surface area contributed by atoms with Gasteiger partial charge in [-0.15, -0.1) is 0 Å². The summed E-state index contributed by atoms with van der Waals surface area (Å²) < 4.78 is 19.3. The van der Waals surface area contributed by atoms with Crippen molar-refractivity contribution in [1.29, 1.82) is 0 Å². The van der Waals surface area contributed by atoms with Crippen LogP contribution in [0.4, 0.5) is 4.39 Å². The van der Waals surface area contributed by atoms with Crippen LogP contribution in [0.2, 0.25) is 0 Å². The highest BCUT2D eigenvalue weighted by Gasteiger charge is 2.24. The van der Waals surface area contributed by atoms with E-state index in [9.17, 15) is 4.39 Å². The summed E-state index contributed by atoms with van der Waals surface area (Å²) in [5.74, 6) is 1.00. The highest BCUT2D eigenvalue weighted by atomic mass is 19.1. The quantitative estimate of drug-likeness (QED) is 0.905. The lowest BCUT2D eigenvalue weighted by atomic mass is 9.94. The fourth-order valence-corrected chi connectivity index (χ4v) is 3.20. The summed E-state index contributed by atoms with van der Waals surface area (Å²) in [5, 5.41) is 0. The molecule has 3 atom stereocenters. The summed E-state index contributed by atoms with van der Waals surface area (Å²) in [5.41, 5.74) is 6.72. The number of piperidine rings is 1. The van der Waals surface area contributed by atoms with Gasteiger partial charge in [0.15, 0.2) is 0 Å². The second-order valence-electron chi connectivity index (χ2n) is 6.28. The Morgan fingerprint density at radius 3 is 2.86 bits per heavy atom. The van der Waals surface area contributed by atoms with Crippen molar-refractivity contribution in [2.24, 2.45) is 11.7 Å². The molecule has 0 spiro atoms. The molecule has 21 heavy (non-hydrogen) atoms. The van der Waals surface area contributed by atoms with Crippen molar-refractivity contribution in [3.05, 3.63) is 29.6 Å². The zero-order valence-electron chi connectivity index (χ0n) is 13.3. The van der Waals surface area contributed by atoms with Gasteiger partial charge >= 0.3 is 0 Å². The molecule has 0 radical (unpaired) electrons. The van der Waals surface area contributed by atoms with Crippen LogP contribution in [-0.4, -0.2) is 31.1 Å². The average Bonchev–Trinajstić information content (AvgIpc) is 2.47. The maximum atomic E-state index is 14.0. The molecule has 0 amide bonds. The van der Waals surface area contributed by atoms with Gasteiger partial charge < -0.3 is 15.4 Å². The molecule has 2 rings (SSSR count). The summed E-state index contributed by atoms with van der Waals surface area (Å²) in [6.45, 7) is 6.58. The van der Waals surface area contributed by atoms with Crippen molar-refractivity contribution < 1.29 is 9.13 Å². The van der Waals surface area contributed by atoms with Gasteiger partial charge in [0, 0.05) is 30.7 Å². The first-order valence-electron chi connectivity index (χ1n) is 7.85. The van der Waals surface area contributed by atoms with Crippen LogP contribution in [0.15, 0.2) is 18.2 Å². The van der Waals surface area contributed by atoms with E-state index in [-0.39, 0.29) is 11.9 Å². The molecule has 3 unspecified atom stereocenters. The number of nitrogens with zero attached hydrogens (tertiary/aromatic N) is 1. The summed E-state index contributed by atoms with van der Waals surface area (Å²) in [4.78, 5) is 2.47. The molecule has 4 heteroatoms. The van der Waals surface area contributed by atoms with Crippen molar-refractivity contribution in [1.82, 2.24) is 4.90 Å². The number of rotatable bonds is 5. The molecule has 1 aromatic rings. The van der Waals surface area contributed by atoms with E-state index in [1.807, 2.05) is 0 Å². The van der Waals surface area contributed by atoms with Crippen LogP contribution in [0.3, 0.4) is 0 Å². The molecule has 118 valence electrons. The molecule has 3 nitrogen and oxygen atoms in total. The molecular formula is C17H27FN2O. The van der Waals surface area contributed by atoms with E-state index in [4.69, 9.17) is 10.5 Å². The Morgan fingerprint density at radius 2 is 2.14 bits per heavy atom. The van der Waals surface area contributed by atoms with Gasteiger partial charge in [0.2, 0.25) is 0 Å². The highest BCUT2D eigenvalue weighted by molar-refractivity contribution is 5.37. The number of benzene rings is 1. The van der Waals surface area contributed by atoms with Gasteiger partial charge in [0.05, 0.1) is 7.11 Å². The number of halogens is 1. The summed E-state index contributed by atoms with van der Waals surface area (Å²) in [6.07, 6.45) is 3.28. The molecule has 1 aliphatic rings. The van der Waals surface area contributed by atoms with E-state index < -0.39 is 0 Å². The van der Waals surface area contributed by atoms with Crippen LogP contribution in [0.5, 0.6) is 5.75 Å². The lowest BCUT2D eigenvalue weighted by Crippen LogP contribution is -2.42. The van der Waals surface area contributed by atoms with Gasteiger partial charge in [-0.2, -0.15) is 0 Å². The molecule has 1 heterocycles. The summed E-state index contributed by atoms with van der Waals surface area (Å²) >= 11 is 0. The van der Waals surface area contributed by atoms with Gasteiger partial charge in [-0.1, -0.05) is 13.0 Å². The maximum Gasteiger partial charge on any atom is 0.131 e. The van der Waals surface area contributed by atoms with Crippen molar-refractivity contribution in [3.63, 3.8) is 0 Å². The van der Waals surface area contributed by atoms with E-state index in [1.165, 1.54) is 18.9 Å². The van der Waals surface area contributed by atoms with Gasteiger partial charge in [0.1, 0.15) is 11.6 Å². The molecular weight excluding hydrogens is 267 g/mol. The second kappa shape index (κ2) is 7.23. The van der Waals surface area contributed by atoms with Crippen LogP contribution < -0.4 is 10.5 Å². The molecule has 1 fully saturated rings. The number of likely N-dealkylation sites (tertiary alicyclic amines) is 1. The number of methoxy groups -OCH3 is 1. The van der Waals surface area contributed by atoms with Crippen molar-refractivity contribution in [2.75, 3.05) is 20.2 Å². The van der Waals surface area contributed by atoms with Crippen LogP contribution >= 0.6 is 0 Å². The lowest BCUT2D eigenvalue weighted by molar-refractivity contribution is 0.121. The Hall–Kier alpha value is -1.13.